The van der Waals surface area contributed by atoms with Crippen LogP contribution in [0.2, 0.25) is 0 Å². The molecule has 0 radical (unpaired) electrons. The molecule has 2 saturated carbocycles. The highest BCUT2D eigenvalue weighted by Crippen LogP contribution is 2.49. The van der Waals surface area contributed by atoms with Crippen molar-refractivity contribution in [1.29, 1.82) is 0 Å². The van der Waals surface area contributed by atoms with E-state index in [1.807, 2.05) is 25.1 Å². The first-order chi connectivity index (χ1) is 15.2. The standard InChI is InChI=1S/C25H35NO6/c1-15(27)25(3)14-26(23(29)13-31-16(2)28)12-20(25)19-9-10-21(30-4)22(11-19)32-24(17-5-6-17)18-7-8-18/h9-11,15,17-18,20,24,27H,5-8,12-14H2,1-4H3. The molecule has 3 fully saturated rings. The van der Waals surface area contributed by atoms with Crippen LogP contribution in [0.4, 0.5) is 0 Å². The number of methoxy groups -OCH3 is 1. The van der Waals surface area contributed by atoms with Gasteiger partial charge in [-0.2, -0.15) is 0 Å². The van der Waals surface area contributed by atoms with E-state index >= 15 is 0 Å². The van der Waals surface area contributed by atoms with Crippen molar-refractivity contribution < 1.29 is 28.9 Å². The zero-order valence-corrected chi connectivity index (χ0v) is 19.5. The number of hydrogen-bond donors (Lipinski definition) is 1. The van der Waals surface area contributed by atoms with Gasteiger partial charge in [0.15, 0.2) is 18.1 Å². The SMILES string of the molecule is COc1ccc(C2CN(C(=O)COC(C)=O)CC2(C)C(C)O)cc1OC(C1CC1)C1CC1. The van der Waals surface area contributed by atoms with E-state index in [0.29, 0.717) is 30.7 Å². The Hall–Kier alpha value is -2.28. The van der Waals surface area contributed by atoms with Gasteiger partial charge in [-0.3, -0.25) is 9.59 Å². The highest BCUT2D eigenvalue weighted by Gasteiger charge is 2.49. The van der Waals surface area contributed by atoms with Crippen LogP contribution in [0.25, 0.3) is 0 Å². The lowest BCUT2D eigenvalue weighted by Gasteiger charge is -2.34. The number of ether oxygens (including phenoxy) is 3. The molecule has 0 bridgehead atoms. The minimum absolute atomic E-state index is 0.0858. The summed E-state index contributed by atoms with van der Waals surface area (Å²) in [6.07, 6.45) is 4.52. The number of aliphatic hydroxyl groups is 1. The molecule has 3 unspecified atom stereocenters. The molecule has 4 rings (SSSR count). The van der Waals surface area contributed by atoms with E-state index in [1.165, 1.54) is 32.6 Å². The maximum Gasteiger partial charge on any atom is 0.303 e. The molecule has 1 N–H and O–H groups in total. The molecule has 1 heterocycles. The van der Waals surface area contributed by atoms with Crippen LogP contribution in [0.5, 0.6) is 11.5 Å². The second-order valence-corrected chi connectivity index (χ2v) is 9.96. The number of amides is 1. The Morgan fingerprint density at radius 3 is 2.38 bits per heavy atom. The molecule has 0 spiro atoms. The first-order valence-electron chi connectivity index (χ1n) is 11.7. The van der Waals surface area contributed by atoms with Gasteiger partial charge in [0.2, 0.25) is 0 Å². The number of carbonyl (C=O) groups is 2. The Balaban J connectivity index is 1.58. The molecule has 2 aliphatic carbocycles. The van der Waals surface area contributed by atoms with E-state index in [-0.39, 0.29) is 24.5 Å². The van der Waals surface area contributed by atoms with Crippen molar-refractivity contribution in [3.8, 4) is 11.5 Å². The molecule has 1 aliphatic heterocycles. The Kier molecular flexibility index (Phi) is 6.39. The lowest BCUT2D eigenvalue weighted by molar-refractivity contribution is -0.150. The van der Waals surface area contributed by atoms with Gasteiger partial charge in [0.25, 0.3) is 5.91 Å². The lowest BCUT2D eigenvalue weighted by Crippen LogP contribution is -2.39. The third-order valence-electron chi connectivity index (χ3n) is 7.46. The smallest absolute Gasteiger partial charge is 0.303 e. The summed E-state index contributed by atoms with van der Waals surface area (Å²) in [6, 6.07) is 5.95. The summed E-state index contributed by atoms with van der Waals surface area (Å²) >= 11 is 0. The molecule has 3 aliphatic rings. The monoisotopic (exact) mass is 445 g/mol. The van der Waals surface area contributed by atoms with Gasteiger partial charge in [-0.05, 0) is 62.1 Å². The summed E-state index contributed by atoms with van der Waals surface area (Å²) < 4.78 is 17.0. The molecule has 0 aromatic heterocycles. The molecule has 1 saturated heterocycles. The molecule has 1 aromatic carbocycles. The lowest BCUT2D eigenvalue weighted by atomic mass is 9.72. The number of esters is 1. The van der Waals surface area contributed by atoms with E-state index in [2.05, 4.69) is 0 Å². The van der Waals surface area contributed by atoms with E-state index in [9.17, 15) is 14.7 Å². The highest BCUT2D eigenvalue weighted by molar-refractivity contribution is 5.80. The number of aliphatic hydroxyl groups excluding tert-OH is 1. The molecule has 3 atom stereocenters. The van der Waals surface area contributed by atoms with Gasteiger partial charge in [-0.25, -0.2) is 0 Å². The normalized spacial score (nSPS) is 26.2. The molecular weight excluding hydrogens is 410 g/mol. The third kappa shape index (κ3) is 4.72. The number of likely N-dealkylation sites (tertiary alicyclic amines) is 1. The van der Waals surface area contributed by atoms with E-state index in [4.69, 9.17) is 14.2 Å². The molecule has 7 nitrogen and oxygen atoms in total. The second kappa shape index (κ2) is 8.93. The fraction of sp³-hybridized carbons (Fsp3) is 0.680. The van der Waals surface area contributed by atoms with Crippen molar-refractivity contribution in [2.75, 3.05) is 26.8 Å². The van der Waals surface area contributed by atoms with Gasteiger partial charge in [0.1, 0.15) is 6.10 Å². The van der Waals surface area contributed by atoms with Crippen LogP contribution in [-0.4, -0.2) is 60.9 Å². The Morgan fingerprint density at radius 2 is 1.84 bits per heavy atom. The summed E-state index contributed by atoms with van der Waals surface area (Å²) in [5, 5.41) is 10.7. The van der Waals surface area contributed by atoms with Crippen LogP contribution in [0.3, 0.4) is 0 Å². The quantitative estimate of drug-likeness (QED) is 0.588. The first-order valence-corrected chi connectivity index (χ1v) is 11.7. The average Bonchev–Trinajstić information content (AvgIpc) is 3.68. The number of carbonyl (C=O) groups excluding carboxylic acids is 2. The summed E-state index contributed by atoms with van der Waals surface area (Å²) in [7, 11) is 1.65. The van der Waals surface area contributed by atoms with Crippen molar-refractivity contribution in [2.24, 2.45) is 17.3 Å². The summed E-state index contributed by atoms with van der Waals surface area (Å²) in [6.45, 7) is 5.62. The number of rotatable bonds is 9. The molecule has 1 aromatic rings. The molecule has 176 valence electrons. The second-order valence-electron chi connectivity index (χ2n) is 9.96. The topological polar surface area (TPSA) is 85.3 Å². The first kappa shape index (κ1) is 22.9. The number of hydrogen-bond acceptors (Lipinski definition) is 6. The van der Waals surface area contributed by atoms with Crippen molar-refractivity contribution in [3.63, 3.8) is 0 Å². The maximum atomic E-state index is 12.6. The fourth-order valence-electron chi connectivity index (χ4n) is 4.94. The van der Waals surface area contributed by atoms with Crippen LogP contribution in [-0.2, 0) is 14.3 Å². The van der Waals surface area contributed by atoms with Crippen LogP contribution in [0.15, 0.2) is 18.2 Å². The van der Waals surface area contributed by atoms with Crippen molar-refractivity contribution in [2.45, 2.75) is 64.6 Å². The van der Waals surface area contributed by atoms with Gasteiger partial charge in [-0.1, -0.05) is 13.0 Å². The zero-order valence-electron chi connectivity index (χ0n) is 19.5. The van der Waals surface area contributed by atoms with Gasteiger partial charge < -0.3 is 24.2 Å². The van der Waals surface area contributed by atoms with Gasteiger partial charge in [0, 0.05) is 31.3 Å². The molecule has 32 heavy (non-hydrogen) atoms. The Bertz CT molecular complexity index is 850. The highest BCUT2D eigenvalue weighted by atomic mass is 16.5. The minimum Gasteiger partial charge on any atom is -0.493 e. The Labute approximate surface area is 190 Å². The summed E-state index contributed by atoms with van der Waals surface area (Å²) in [4.78, 5) is 25.4. The summed E-state index contributed by atoms with van der Waals surface area (Å²) in [5.74, 6) is 1.91. The van der Waals surface area contributed by atoms with Crippen LogP contribution >= 0.6 is 0 Å². The Morgan fingerprint density at radius 1 is 1.19 bits per heavy atom. The zero-order chi connectivity index (χ0) is 23.0. The van der Waals surface area contributed by atoms with Crippen molar-refractivity contribution in [1.82, 2.24) is 4.90 Å². The van der Waals surface area contributed by atoms with Crippen LogP contribution in [0, 0.1) is 17.3 Å². The van der Waals surface area contributed by atoms with Crippen LogP contribution < -0.4 is 9.47 Å². The van der Waals surface area contributed by atoms with E-state index in [0.717, 1.165) is 11.3 Å². The molecule has 7 heteroatoms. The van der Waals surface area contributed by atoms with Gasteiger partial charge in [-0.15, -0.1) is 0 Å². The fourth-order valence-corrected chi connectivity index (χ4v) is 4.94. The predicted octanol–water partition coefficient (Wildman–Crippen LogP) is 3.14. The molecule has 1 amide bonds. The van der Waals surface area contributed by atoms with Gasteiger partial charge >= 0.3 is 5.97 Å². The van der Waals surface area contributed by atoms with Crippen molar-refractivity contribution >= 4 is 11.9 Å². The van der Waals surface area contributed by atoms with Gasteiger partial charge in [0.05, 0.1) is 13.2 Å². The average molecular weight is 446 g/mol. The largest absolute Gasteiger partial charge is 0.493 e. The summed E-state index contributed by atoms with van der Waals surface area (Å²) in [5.41, 5.74) is 0.474. The van der Waals surface area contributed by atoms with Crippen LogP contribution in [0.1, 0.15) is 57.9 Å². The maximum absolute atomic E-state index is 12.6. The predicted molar refractivity (Wildman–Crippen MR) is 119 cm³/mol. The minimum atomic E-state index is -0.629. The van der Waals surface area contributed by atoms with Crippen molar-refractivity contribution in [3.05, 3.63) is 23.8 Å². The molecular formula is C25H35NO6. The van der Waals surface area contributed by atoms with E-state index < -0.39 is 17.5 Å². The third-order valence-corrected chi connectivity index (χ3v) is 7.46. The number of nitrogens with zero attached hydrogens (tertiary/aromatic N) is 1. The van der Waals surface area contributed by atoms with E-state index in [1.54, 1.807) is 18.9 Å². The number of benzene rings is 1.